The van der Waals surface area contributed by atoms with E-state index in [-0.39, 0.29) is 16.7 Å². The third-order valence-corrected chi connectivity index (χ3v) is 4.89. The molecule has 2 atom stereocenters. The normalized spacial score (nSPS) is 13.4. The van der Waals surface area contributed by atoms with Gasteiger partial charge in [0.15, 0.2) is 0 Å². The summed E-state index contributed by atoms with van der Waals surface area (Å²) in [5.41, 5.74) is 1.41. The third kappa shape index (κ3) is 3.51. The number of aliphatic hydroxyl groups is 1. The molecule has 0 saturated carbocycles. The van der Waals surface area contributed by atoms with Crippen molar-refractivity contribution in [1.82, 2.24) is 10.2 Å². The van der Waals surface area contributed by atoms with Gasteiger partial charge in [0.2, 0.25) is 5.88 Å². The van der Waals surface area contributed by atoms with Gasteiger partial charge in [0.05, 0.1) is 36.7 Å². The topological polar surface area (TPSA) is 81.5 Å². The molecular formula is C16H20N2O4S. The van der Waals surface area contributed by atoms with Gasteiger partial charge in [-0.2, -0.15) is 0 Å². The Balaban J connectivity index is 2.66. The van der Waals surface area contributed by atoms with Crippen LogP contribution in [0.5, 0.6) is 11.8 Å². The summed E-state index contributed by atoms with van der Waals surface area (Å²) < 4.78 is 23.4. The second kappa shape index (κ2) is 7.52. The fraction of sp³-hybridized carbons (Fsp3) is 0.375. The first kappa shape index (κ1) is 17.4. The maximum absolute atomic E-state index is 13.0. The first-order valence-corrected chi connectivity index (χ1v) is 8.33. The number of aromatic nitrogens is 2. The summed E-state index contributed by atoms with van der Waals surface area (Å²) in [5, 5.41) is 18.1. The van der Waals surface area contributed by atoms with Gasteiger partial charge in [0.25, 0.3) is 5.88 Å². The summed E-state index contributed by atoms with van der Waals surface area (Å²) in [7, 11) is 1.28. The number of aliphatic hydroxyl groups excluding tert-OH is 1. The molecule has 0 aliphatic rings. The zero-order chi connectivity index (χ0) is 17.0. The van der Waals surface area contributed by atoms with Crippen molar-refractivity contribution in [3.05, 3.63) is 35.4 Å². The molecule has 0 fully saturated rings. The maximum Gasteiger partial charge on any atom is 0.250 e. The minimum absolute atomic E-state index is 0.118. The number of rotatable bonds is 6. The second-order valence-corrected chi connectivity index (χ2v) is 6.38. The van der Waals surface area contributed by atoms with Gasteiger partial charge in [0, 0.05) is 4.90 Å². The van der Waals surface area contributed by atoms with Gasteiger partial charge in [-0.3, -0.25) is 0 Å². The molecule has 2 aromatic rings. The lowest BCUT2D eigenvalue weighted by molar-refractivity contribution is 0.163. The first-order chi connectivity index (χ1) is 11.0. The maximum atomic E-state index is 13.0. The van der Waals surface area contributed by atoms with Crippen molar-refractivity contribution in [2.24, 2.45) is 0 Å². The van der Waals surface area contributed by atoms with Crippen LogP contribution in [0.4, 0.5) is 0 Å². The van der Waals surface area contributed by atoms with Crippen LogP contribution in [0.2, 0.25) is 0 Å². The van der Waals surface area contributed by atoms with Crippen LogP contribution in [0, 0.1) is 6.92 Å². The van der Waals surface area contributed by atoms with Crippen LogP contribution in [-0.2, 0) is 10.8 Å². The van der Waals surface area contributed by atoms with Gasteiger partial charge >= 0.3 is 0 Å². The number of hydrogen-bond acceptors (Lipinski definition) is 6. The molecule has 1 aromatic carbocycles. The van der Waals surface area contributed by atoms with E-state index < -0.39 is 16.9 Å². The van der Waals surface area contributed by atoms with Crippen LogP contribution < -0.4 is 9.47 Å². The van der Waals surface area contributed by atoms with Crippen molar-refractivity contribution in [2.45, 2.75) is 36.2 Å². The van der Waals surface area contributed by atoms with E-state index in [1.807, 2.05) is 26.0 Å². The van der Waals surface area contributed by atoms with Crippen molar-refractivity contribution >= 4 is 10.8 Å². The molecule has 0 bridgehead atoms. The van der Waals surface area contributed by atoms with Crippen molar-refractivity contribution in [3.63, 3.8) is 0 Å². The lowest BCUT2D eigenvalue weighted by Gasteiger charge is -2.18. The molecule has 2 rings (SSSR count). The fourth-order valence-corrected chi connectivity index (χ4v) is 3.47. The average molecular weight is 336 g/mol. The van der Waals surface area contributed by atoms with Crippen LogP contribution in [0.15, 0.2) is 34.1 Å². The number of hydrogen-bond donors (Lipinski definition) is 1. The van der Waals surface area contributed by atoms with Gasteiger partial charge < -0.3 is 14.6 Å². The monoisotopic (exact) mass is 336 g/mol. The summed E-state index contributed by atoms with van der Waals surface area (Å²) >= 11 is 0. The third-order valence-electron chi connectivity index (χ3n) is 3.43. The number of nitrogens with zero attached hydrogens (tertiary/aromatic N) is 2. The van der Waals surface area contributed by atoms with Gasteiger partial charge in [-0.05, 0) is 25.5 Å². The minimum Gasteiger partial charge on any atom is -0.480 e. The summed E-state index contributed by atoms with van der Waals surface area (Å²) in [6.45, 7) is 3.77. The van der Waals surface area contributed by atoms with Crippen molar-refractivity contribution in [1.29, 1.82) is 0 Å². The van der Waals surface area contributed by atoms with E-state index in [0.717, 1.165) is 5.56 Å². The van der Waals surface area contributed by atoms with E-state index in [0.29, 0.717) is 16.9 Å². The molecule has 1 N–H and O–H groups in total. The number of methoxy groups -OCH3 is 2. The van der Waals surface area contributed by atoms with Crippen LogP contribution in [0.1, 0.15) is 30.6 Å². The Bertz CT molecular complexity index is 704. The molecule has 0 spiro atoms. The summed E-state index contributed by atoms with van der Waals surface area (Å²) in [4.78, 5) is 0.881. The summed E-state index contributed by atoms with van der Waals surface area (Å²) in [6.07, 6.45) is -0.456. The van der Waals surface area contributed by atoms with E-state index >= 15 is 0 Å². The highest BCUT2D eigenvalue weighted by molar-refractivity contribution is 7.85. The fourth-order valence-electron chi connectivity index (χ4n) is 2.14. The van der Waals surface area contributed by atoms with Crippen LogP contribution in [0.25, 0.3) is 0 Å². The van der Waals surface area contributed by atoms with Crippen molar-refractivity contribution in [3.8, 4) is 11.8 Å². The second-order valence-electron chi connectivity index (χ2n) is 4.97. The van der Waals surface area contributed by atoms with E-state index in [9.17, 15) is 9.32 Å². The van der Waals surface area contributed by atoms with Crippen LogP contribution in [-0.4, -0.2) is 33.7 Å². The van der Waals surface area contributed by atoms with E-state index in [1.54, 1.807) is 12.1 Å². The van der Waals surface area contributed by atoms with E-state index in [2.05, 4.69) is 10.2 Å². The lowest BCUT2D eigenvalue weighted by atomic mass is 10.1. The average Bonchev–Trinajstić information content (AvgIpc) is 2.59. The van der Waals surface area contributed by atoms with Gasteiger partial charge in [-0.15, -0.1) is 10.2 Å². The lowest BCUT2D eigenvalue weighted by Crippen LogP contribution is -2.11. The zero-order valence-electron chi connectivity index (χ0n) is 13.6. The van der Waals surface area contributed by atoms with Gasteiger partial charge in [-0.1, -0.05) is 24.6 Å². The Morgan fingerprint density at radius 3 is 2.22 bits per heavy atom. The Kier molecular flexibility index (Phi) is 5.68. The highest BCUT2D eigenvalue weighted by Gasteiger charge is 2.28. The molecule has 0 amide bonds. The Labute approximate surface area is 137 Å². The molecule has 1 heterocycles. The molecule has 6 nitrogen and oxygen atoms in total. The SMILES string of the molecule is CC[C@H](O)c1c(OC)nnc(OC)c1S(=O)c1ccc(C)cc1. The first-order valence-electron chi connectivity index (χ1n) is 7.18. The Hall–Kier alpha value is -1.99. The molecule has 1 aromatic heterocycles. The molecule has 7 heteroatoms. The quantitative estimate of drug-likeness (QED) is 0.872. The van der Waals surface area contributed by atoms with Crippen LogP contribution >= 0.6 is 0 Å². The predicted molar refractivity (Wildman–Crippen MR) is 86.2 cm³/mol. The Morgan fingerprint density at radius 1 is 1.13 bits per heavy atom. The van der Waals surface area contributed by atoms with Gasteiger partial charge in [0.1, 0.15) is 4.90 Å². The van der Waals surface area contributed by atoms with Crippen molar-refractivity contribution in [2.75, 3.05) is 14.2 Å². The van der Waals surface area contributed by atoms with Crippen LogP contribution in [0.3, 0.4) is 0 Å². The molecule has 0 radical (unpaired) electrons. The zero-order valence-corrected chi connectivity index (χ0v) is 14.4. The summed E-state index contributed by atoms with van der Waals surface area (Å²) in [5.74, 6) is 0.267. The molecule has 124 valence electrons. The van der Waals surface area contributed by atoms with E-state index in [1.165, 1.54) is 14.2 Å². The molecule has 0 aliphatic heterocycles. The van der Waals surface area contributed by atoms with Crippen molar-refractivity contribution < 1.29 is 18.8 Å². The smallest absolute Gasteiger partial charge is 0.250 e. The number of ether oxygens (including phenoxy) is 2. The largest absolute Gasteiger partial charge is 0.480 e. The highest BCUT2D eigenvalue weighted by Crippen LogP contribution is 2.37. The molecule has 0 saturated heterocycles. The predicted octanol–water partition coefficient (Wildman–Crippen LogP) is 2.41. The molecular weight excluding hydrogens is 316 g/mol. The minimum atomic E-state index is -1.58. The summed E-state index contributed by atoms with van der Waals surface area (Å²) in [6, 6.07) is 7.31. The highest BCUT2D eigenvalue weighted by atomic mass is 32.2. The Morgan fingerprint density at radius 2 is 1.70 bits per heavy atom. The number of aryl methyl sites for hydroxylation is 1. The molecule has 1 unspecified atom stereocenters. The molecule has 0 aliphatic carbocycles. The van der Waals surface area contributed by atoms with E-state index in [4.69, 9.17) is 9.47 Å². The standard InChI is InChI=1S/C16H20N2O4S/c1-5-12(19)13-14(16(22-4)18-17-15(13)21-3)23(20)11-8-6-10(2)7-9-11/h6-9,12,19H,5H2,1-4H3/t12-,23?/m0/s1. The molecule has 23 heavy (non-hydrogen) atoms. The number of benzene rings is 1. The van der Waals surface area contributed by atoms with Gasteiger partial charge in [-0.25, -0.2) is 4.21 Å².